The van der Waals surface area contributed by atoms with Gasteiger partial charge in [0.15, 0.2) is 0 Å². The number of hydrogen-bond acceptors (Lipinski definition) is 2. The summed E-state index contributed by atoms with van der Waals surface area (Å²) in [6.45, 7) is 3.64. The Morgan fingerprint density at radius 3 is 2.65 bits per heavy atom. The number of carbonyl (C=O) groups excluding carboxylic acids is 2. The molecule has 0 unspecified atom stereocenters. The van der Waals surface area contributed by atoms with Crippen LogP contribution in [0.4, 0.5) is 4.39 Å². The third-order valence-electron chi connectivity index (χ3n) is 4.36. The smallest absolute Gasteiger partial charge is 0.270 e. The molecule has 0 saturated carbocycles. The predicted molar refractivity (Wildman–Crippen MR) is 87.9 cm³/mol. The van der Waals surface area contributed by atoms with Gasteiger partial charge in [0, 0.05) is 44.5 Å². The van der Waals surface area contributed by atoms with Crippen molar-refractivity contribution in [1.82, 2.24) is 14.8 Å². The fourth-order valence-electron chi connectivity index (χ4n) is 2.78. The standard InChI is InChI=1S/C17H22FN3O2/c1-10(8-15(22)19-3)20(4)17(23)16-11(2)13-9-12(18)6-7-14(13)21(16)5/h6-7,9-10H,8H2,1-5H3,(H,19,22)/t10-/m0/s1. The Morgan fingerprint density at radius 2 is 2.04 bits per heavy atom. The van der Waals surface area contributed by atoms with Gasteiger partial charge in [-0.2, -0.15) is 0 Å². The second-order valence-electron chi connectivity index (χ2n) is 5.84. The summed E-state index contributed by atoms with van der Waals surface area (Å²) in [6, 6.07) is 4.25. The van der Waals surface area contributed by atoms with E-state index in [0.717, 1.165) is 16.5 Å². The second kappa shape index (κ2) is 6.40. The maximum absolute atomic E-state index is 13.5. The van der Waals surface area contributed by atoms with Crippen molar-refractivity contribution in [2.45, 2.75) is 26.3 Å². The third kappa shape index (κ3) is 3.06. The van der Waals surface area contributed by atoms with Crippen molar-refractivity contribution in [3.8, 4) is 0 Å². The van der Waals surface area contributed by atoms with Gasteiger partial charge in [-0.15, -0.1) is 0 Å². The van der Waals surface area contributed by atoms with Gasteiger partial charge in [0.1, 0.15) is 11.5 Å². The molecule has 2 aromatic rings. The van der Waals surface area contributed by atoms with Crippen LogP contribution < -0.4 is 5.32 Å². The lowest BCUT2D eigenvalue weighted by atomic mass is 10.1. The first-order valence-corrected chi connectivity index (χ1v) is 7.50. The molecule has 0 spiro atoms. The zero-order chi connectivity index (χ0) is 17.3. The molecule has 1 aromatic heterocycles. The molecule has 23 heavy (non-hydrogen) atoms. The van der Waals surface area contributed by atoms with E-state index in [0.29, 0.717) is 5.69 Å². The van der Waals surface area contributed by atoms with E-state index in [9.17, 15) is 14.0 Å². The molecule has 1 N–H and O–H groups in total. The maximum Gasteiger partial charge on any atom is 0.270 e. The van der Waals surface area contributed by atoms with Crippen LogP contribution in [0.1, 0.15) is 29.4 Å². The highest BCUT2D eigenvalue weighted by Gasteiger charge is 2.25. The SMILES string of the molecule is CNC(=O)C[C@H](C)N(C)C(=O)c1c(C)c2cc(F)ccc2n1C. The minimum absolute atomic E-state index is 0.118. The van der Waals surface area contributed by atoms with Gasteiger partial charge in [-0.3, -0.25) is 9.59 Å². The quantitative estimate of drug-likeness (QED) is 0.939. The summed E-state index contributed by atoms with van der Waals surface area (Å²) in [4.78, 5) is 25.9. The number of nitrogens with zero attached hydrogens (tertiary/aromatic N) is 2. The summed E-state index contributed by atoms with van der Waals surface area (Å²) < 4.78 is 15.3. The molecular weight excluding hydrogens is 297 g/mol. The molecular formula is C17H22FN3O2. The zero-order valence-corrected chi connectivity index (χ0v) is 14.1. The first kappa shape index (κ1) is 17.0. The summed E-state index contributed by atoms with van der Waals surface area (Å²) in [6.07, 6.45) is 0.232. The van der Waals surface area contributed by atoms with Crippen LogP contribution in [0.5, 0.6) is 0 Å². The number of benzene rings is 1. The van der Waals surface area contributed by atoms with Gasteiger partial charge in [-0.25, -0.2) is 4.39 Å². The van der Waals surface area contributed by atoms with Gasteiger partial charge in [0.25, 0.3) is 5.91 Å². The highest BCUT2D eigenvalue weighted by molar-refractivity contribution is 6.01. The highest BCUT2D eigenvalue weighted by Crippen LogP contribution is 2.26. The van der Waals surface area contributed by atoms with Crippen LogP contribution >= 0.6 is 0 Å². The van der Waals surface area contributed by atoms with Gasteiger partial charge in [0.05, 0.1) is 0 Å². The van der Waals surface area contributed by atoms with Crippen molar-refractivity contribution >= 4 is 22.7 Å². The molecule has 6 heteroatoms. The van der Waals surface area contributed by atoms with Crippen LogP contribution in [0.25, 0.3) is 10.9 Å². The Balaban J connectivity index is 2.39. The Bertz CT molecular complexity index is 767. The third-order valence-corrected chi connectivity index (χ3v) is 4.36. The maximum atomic E-state index is 13.5. The fraction of sp³-hybridized carbons (Fsp3) is 0.412. The van der Waals surface area contributed by atoms with E-state index in [4.69, 9.17) is 0 Å². The van der Waals surface area contributed by atoms with Gasteiger partial charge >= 0.3 is 0 Å². The average molecular weight is 319 g/mol. The molecule has 0 radical (unpaired) electrons. The molecule has 1 aromatic carbocycles. The van der Waals surface area contributed by atoms with Gasteiger partial charge in [-0.1, -0.05) is 0 Å². The number of amides is 2. The lowest BCUT2D eigenvalue weighted by Gasteiger charge is -2.25. The van der Waals surface area contributed by atoms with Crippen LogP contribution in [-0.4, -0.2) is 41.4 Å². The number of fused-ring (bicyclic) bond motifs is 1. The van der Waals surface area contributed by atoms with E-state index >= 15 is 0 Å². The Labute approximate surface area is 135 Å². The monoisotopic (exact) mass is 319 g/mol. The van der Waals surface area contributed by atoms with Crippen molar-refractivity contribution in [2.24, 2.45) is 7.05 Å². The van der Waals surface area contributed by atoms with Gasteiger partial charge < -0.3 is 14.8 Å². The van der Waals surface area contributed by atoms with E-state index in [1.165, 1.54) is 12.1 Å². The van der Waals surface area contributed by atoms with Crippen molar-refractivity contribution in [3.05, 3.63) is 35.3 Å². The molecule has 0 saturated heterocycles. The molecule has 124 valence electrons. The molecule has 1 heterocycles. The predicted octanol–water partition coefficient (Wildman–Crippen LogP) is 2.22. The molecule has 1 atom stereocenters. The largest absolute Gasteiger partial charge is 0.359 e. The van der Waals surface area contributed by atoms with E-state index in [1.807, 2.05) is 13.8 Å². The number of rotatable bonds is 4. The first-order valence-electron chi connectivity index (χ1n) is 7.50. The van der Waals surface area contributed by atoms with Crippen LogP contribution in [0, 0.1) is 12.7 Å². The normalized spacial score (nSPS) is 12.3. The lowest BCUT2D eigenvalue weighted by Crippen LogP contribution is -2.39. The van der Waals surface area contributed by atoms with Crippen LogP contribution in [0.15, 0.2) is 18.2 Å². The van der Waals surface area contributed by atoms with Crippen LogP contribution in [-0.2, 0) is 11.8 Å². The summed E-state index contributed by atoms with van der Waals surface area (Å²) >= 11 is 0. The van der Waals surface area contributed by atoms with E-state index in [-0.39, 0.29) is 30.1 Å². The minimum Gasteiger partial charge on any atom is -0.359 e. The molecule has 0 fully saturated rings. The number of halogens is 1. The Kier molecular flexibility index (Phi) is 4.73. The Morgan fingerprint density at radius 1 is 1.39 bits per heavy atom. The summed E-state index contributed by atoms with van der Waals surface area (Å²) in [5, 5.41) is 3.28. The van der Waals surface area contributed by atoms with E-state index < -0.39 is 0 Å². The number of nitrogens with one attached hydrogen (secondary N) is 1. The molecule has 0 aliphatic carbocycles. The topological polar surface area (TPSA) is 54.3 Å². The van der Waals surface area contributed by atoms with Crippen molar-refractivity contribution < 1.29 is 14.0 Å². The van der Waals surface area contributed by atoms with Crippen molar-refractivity contribution in [1.29, 1.82) is 0 Å². The lowest BCUT2D eigenvalue weighted by molar-refractivity contribution is -0.121. The molecule has 2 rings (SSSR count). The van der Waals surface area contributed by atoms with Gasteiger partial charge in [-0.05, 0) is 37.6 Å². The van der Waals surface area contributed by atoms with E-state index in [1.54, 1.807) is 36.7 Å². The zero-order valence-electron chi connectivity index (χ0n) is 14.1. The van der Waals surface area contributed by atoms with Crippen molar-refractivity contribution in [2.75, 3.05) is 14.1 Å². The summed E-state index contributed by atoms with van der Waals surface area (Å²) in [5.41, 5.74) is 2.06. The first-order chi connectivity index (χ1) is 10.8. The molecule has 0 aliphatic heterocycles. The average Bonchev–Trinajstić information content (AvgIpc) is 2.76. The minimum atomic E-state index is -0.327. The number of hydrogen-bond donors (Lipinski definition) is 1. The summed E-state index contributed by atoms with van der Waals surface area (Å²) in [7, 11) is 5.03. The van der Waals surface area contributed by atoms with E-state index in [2.05, 4.69) is 5.32 Å². The summed E-state index contributed by atoms with van der Waals surface area (Å²) in [5.74, 6) is -0.627. The molecule has 0 bridgehead atoms. The molecule has 2 amide bonds. The molecule has 0 aliphatic rings. The number of aryl methyl sites for hydroxylation is 2. The van der Waals surface area contributed by atoms with Crippen molar-refractivity contribution in [3.63, 3.8) is 0 Å². The molecule has 5 nitrogen and oxygen atoms in total. The second-order valence-corrected chi connectivity index (χ2v) is 5.84. The fourth-order valence-corrected chi connectivity index (χ4v) is 2.78. The van der Waals surface area contributed by atoms with Crippen LogP contribution in [0.3, 0.4) is 0 Å². The number of aromatic nitrogens is 1. The Hall–Kier alpha value is -2.37. The number of carbonyl (C=O) groups is 2. The highest BCUT2D eigenvalue weighted by atomic mass is 19.1. The van der Waals surface area contributed by atoms with Crippen LogP contribution in [0.2, 0.25) is 0 Å². The van der Waals surface area contributed by atoms with Gasteiger partial charge in [0.2, 0.25) is 5.91 Å².